The summed E-state index contributed by atoms with van der Waals surface area (Å²) in [6, 6.07) is 13.1. The van der Waals surface area contributed by atoms with Gasteiger partial charge in [0.25, 0.3) is 15.9 Å². The summed E-state index contributed by atoms with van der Waals surface area (Å²) < 4.78 is 27.9. The fourth-order valence-electron chi connectivity index (χ4n) is 2.72. The highest BCUT2D eigenvalue weighted by Gasteiger charge is 2.23. The Bertz CT molecular complexity index is 930. The Balaban J connectivity index is 0.00000392. The number of aryl methyl sites for hydroxylation is 1. The van der Waals surface area contributed by atoms with E-state index in [1.165, 1.54) is 12.1 Å². The fourth-order valence-corrected chi connectivity index (χ4v) is 3.81. The molecule has 0 aliphatic heterocycles. The number of carbonyl (C=O) groups is 1. The molecule has 2 rings (SSSR count). The molecule has 0 spiro atoms. The van der Waals surface area contributed by atoms with Crippen LogP contribution in [0.2, 0.25) is 0 Å². The van der Waals surface area contributed by atoms with E-state index in [4.69, 9.17) is 5.73 Å². The van der Waals surface area contributed by atoms with Gasteiger partial charge < -0.3 is 10.6 Å². The van der Waals surface area contributed by atoms with Crippen molar-refractivity contribution in [2.24, 2.45) is 11.1 Å². The van der Waals surface area contributed by atoms with Crippen LogP contribution in [-0.4, -0.2) is 39.4 Å². The largest absolute Gasteiger partial charge is 0.341 e. The topological polar surface area (TPSA) is 92.5 Å². The minimum absolute atomic E-state index is 0. The summed E-state index contributed by atoms with van der Waals surface area (Å²) >= 11 is 0. The second kappa shape index (κ2) is 9.41. The number of rotatable bonds is 7. The molecule has 3 N–H and O–H groups in total. The average molecular weight is 426 g/mol. The zero-order chi connectivity index (χ0) is 20.2. The molecule has 1 amide bonds. The molecule has 0 bridgehead atoms. The monoisotopic (exact) mass is 425 g/mol. The minimum atomic E-state index is -3.79. The summed E-state index contributed by atoms with van der Waals surface area (Å²) in [5, 5.41) is 0. The maximum Gasteiger partial charge on any atom is 0.261 e. The second-order valence-corrected chi connectivity index (χ2v) is 9.21. The molecule has 0 heterocycles. The van der Waals surface area contributed by atoms with E-state index in [0.29, 0.717) is 24.3 Å². The first-order chi connectivity index (χ1) is 12.5. The van der Waals surface area contributed by atoms with Crippen molar-refractivity contribution >= 4 is 34.0 Å². The lowest BCUT2D eigenvalue weighted by atomic mass is 9.93. The molecule has 0 aliphatic rings. The molecular formula is C20H28ClN3O3S. The molecule has 0 aromatic heterocycles. The second-order valence-electron chi connectivity index (χ2n) is 7.53. The van der Waals surface area contributed by atoms with Crippen molar-refractivity contribution in [3.8, 4) is 0 Å². The van der Waals surface area contributed by atoms with E-state index in [9.17, 15) is 13.2 Å². The van der Waals surface area contributed by atoms with Crippen molar-refractivity contribution in [1.82, 2.24) is 4.90 Å². The molecule has 2 aromatic rings. The van der Waals surface area contributed by atoms with Crippen molar-refractivity contribution < 1.29 is 13.2 Å². The number of anilines is 1. The summed E-state index contributed by atoms with van der Waals surface area (Å²) in [4.78, 5) is 14.3. The molecule has 8 heteroatoms. The average Bonchev–Trinajstić information content (AvgIpc) is 2.60. The maximum absolute atomic E-state index is 12.7. The molecule has 0 unspecified atom stereocenters. The smallest absolute Gasteiger partial charge is 0.261 e. The van der Waals surface area contributed by atoms with Crippen LogP contribution in [0.4, 0.5) is 5.69 Å². The molecule has 28 heavy (non-hydrogen) atoms. The van der Waals surface area contributed by atoms with Gasteiger partial charge in [0, 0.05) is 24.8 Å². The molecule has 0 aliphatic carbocycles. The van der Waals surface area contributed by atoms with E-state index >= 15 is 0 Å². The van der Waals surface area contributed by atoms with E-state index in [-0.39, 0.29) is 28.6 Å². The molecule has 0 fully saturated rings. The molecular weight excluding hydrogens is 398 g/mol. The lowest BCUT2D eigenvalue weighted by molar-refractivity contribution is 0.0740. The Morgan fingerprint density at radius 2 is 1.79 bits per heavy atom. The van der Waals surface area contributed by atoms with Crippen molar-refractivity contribution in [2.45, 2.75) is 25.7 Å². The van der Waals surface area contributed by atoms with Crippen LogP contribution in [0.25, 0.3) is 0 Å². The summed E-state index contributed by atoms with van der Waals surface area (Å²) in [5.41, 5.74) is 7.26. The summed E-state index contributed by atoms with van der Waals surface area (Å²) in [7, 11) is -2.11. The number of amides is 1. The number of benzene rings is 2. The number of sulfonamides is 1. The number of carbonyl (C=O) groups excluding carboxylic acids is 1. The third-order valence-corrected chi connectivity index (χ3v) is 5.61. The van der Waals surface area contributed by atoms with Crippen molar-refractivity contribution in [3.05, 3.63) is 59.7 Å². The van der Waals surface area contributed by atoms with Crippen LogP contribution >= 0.6 is 12.4 Å². The Morgan fingerprint density at radius 1 is 1.14 bits per heavy atom. The van der Waals surface area contributed by atoms with Gasteiger partial charge in [0.05, 0.1) is 4.90 Å². The number of hydrogen-bond donors (Lipinski definition) is 2. The van der Waals surface area contributed by atoms with Crippen LogP contribution in [0.3, 0.4) is 0 Å². The molecule has 0 saturated carbocycles. The van der Waals surface area contributed by atoms with Crippen LogP contribution in [-0.2, 0) is 10.0 Å². The van der Waals surface area contributed by atoms with Crippen molar-refractivity contribution in [3.63, 3.8) is 0 Å². The Labute approximate surface area is 173 Å². The Morgan fingerprint density at radius 3 is 2.39 bits per heavy atom. The van der Waals surface area contributed by atoms with Gasteiger partial charge in [-0.05, 0) is 54.8 Å². The summed E-state index contributed by atoms with van der Waals surface area (Å²) in [6.07, 6.45) is 0. The van der Waals surface area contributed by atoms with Gasteiger partial charge in [0.2, 0.25) is 0 Å². The first-order valence-corrected chi connectivity index (χ1v) is 10.2. The highest BCUT2D eigenvalue weighted by Crippen LogP contribution is 2.20. The summed E-state index contributed by atoms with van der Waals surface area (Å²) in [5.74, 6) is -0.246. The molecule has 6 nitrogen and oxygen atoms in total. The van der Waals surface area contributed by atoms with E-state index in [0.717, 1.165) is 5.56 Å². The molecule has 0 atom stereocenters. The van der Waals surface area contributed by atoms with Crippen LogP contribution in [0.15, 0.2) is 53.4 Å². The normalized spacial score (nSPS) is 11.5. The van der Waals surface area contributed by atoms with Gasteiger partial charge in [0.15, 0.2) is 0 Å². The minimum Gasteiger partial charge on any atom is -0.341 e. The molecule has 0 saturated heterocycles. The third-order valence-electron chi connectivity index (χ3n) is 4.23. The number of nitrogens with zero attached hydrogens (tertiary/aromatic N) is 1. The number of nitrogens with two attached hydrogens (primary N) is 1. The highest BCUT2D eigenvalue weighted by atomic mass is 35.5. The number of halogens is 1. The van der Waals surface area contributed by atoms with Gasteiger partial charge in [-0.2, -0.15) is 0 Å². The van der Waals surface area contributed by atoms with Crippen LogP contribution in [0.5, 0.6) is 0 Å². The maximum atomic E-state index is 12.7. The predicted molar refractivity (Wildman–Crippen MR) is 115 cm³/mol. The van der Waals surface area contributed by atoms with Crippen molar-refractivity contribution in [2.75, 3.05) is 24.9 Å². The van der Waals surface area contributed by atoms with E-state index < -0.39 is 10.0 Å². The zero-order valence-electron chi connectivity index (χ0n) is 16.6. The van der Waals surface area contributed by atoms with Gasteiger partial charge in [-0.1, -0.05) is 32.0 Å². The van der Waals surface area contributed by atoms with Gasteiger partial charge in [0.1, 0.15) is 0 Å². The fraction of sp³-hybridized carbons (Fsp3) is 0.350. The third kappa shape index (κ3) is 6.22. The highest BCUT2D eigenvalue weighted by molar-refractivity contribution is 7.92. The van der Waals surface area contributed by atoms with Gasteiger partial charge in [-0.15, -0.1) is 12.4 Å². The summed E-state index contributed by atoms with van der Waals surface area (Å²) in [6.45, 7) is 6.75. The first-order valence-electron chi connectivity index (χ1n) is 8.69. The van der Waals surface area contributed by atoms with Gasteiger partial charge in [-0.25, -0.2) is 8.42 Å². The quantitative estimate of drug-likeness (QED) is 0.711. The molecule has 0 radical (unpaired) electrons. The van der Waals surface area contributed by atoms with Gasteiger partial charge in [-0.3, -0.25) is 9.52 Å². The van der Waals surface area contributed by atoms with Crippen molar-refractivity contribution in [1.29, 1.82) is 0 Å². The number of hydrogen-bond acceptors (Lipinski definition) is 4. The lowest BCUT2D eigenvalue weighted by Gasteiger charge is -2.29. The SMILES string of the molecule is Cc1cccc(NS(=O)(=O)c2cccc(C(=O)N(C)CC(C)(C)CN)c2)c1.Cl. The predicted octanol–water partition coefficient (Wildman–Crippen LogP) is 3.27. The Hall–Kier alpha value is -2.09. The van der Waals surface area contributed by atoms with Crippen LogP contribution < -0.4 is 10.5 Å². The lowest BCUT2D eigenvalue weighted by Crippen LogP contribution is -2.39. The van der Waals surface area contributed by atoms with E-state index in [1.54, 1.807) is 42.3 Å². The zero-order valence-corrected chi connectivity index (χ0v) is 18.2. The molecule has 2 aromatic carbocycles. The van der Waals surface area contributed by atoms with Gasteiger partial charge >= 0.3 is 0 Å². The van der Waals surface area contributed by atoms with E-state index in [2.05, 4.69) is 4.72 Å². The van der Waals surface area contributed by atoms with Crippen LogP contribution in [0, 0.1) is 12.3 Å². The Kier molecular flexibility index (Phi) is 8.05. The van der Waals surface area contributed by atoms with Crippen LogP contribution in [0.1, 0.15) is 29.8 Å². The first kappa shape index (κ1) is 23.9. The molecule has 154 valence electrons. The standard InChI is InChI=1S/C20H27N3O3S.ClH/c1-15-7-5-9-17(11-15)22-27(25,26)18-10-6-8-16(12-18)19(24)23(4)14-20(2,3)13-21;/h5-12,22H,13-14,21H2,1-4H3;1H. The van der Waals surface area contributed by atoms with E-state index in [1.807, 2.05) is 26.8 Å². The number of nitrogens with one attached hydrogen (secondary N) is 1.